The molecular weight excluding hydrogens is 298 g/mol. The van der Waals surface area contributed by atoms with E-state index in [0.29, 0.717) is 17.4 Å². The van der Waals surface area contributed by atoms with E-state index in [1.807, 2.05) is 12.1 Å². The van der Waals surface area contributed by atoms with Gasteiger partial charge in [-0.2, -0.15) is 0 Å². The average Bonchev–Trinajstić information content (AvgIpc) is 2.44. The number of carboxylic acids is 1. The average molecular weight is 310 g/mol. The fourth-order valence-corrected chi connectivity index (χ4v) is 2.30. The van der Waals surface area contributed by atoms with Crippen LogP contribution in [0, 0.1) is 0 Å². The first-order valence-corrected chi connectivity index (χ1v) is 7.22. The Balaban J connectivity index is 1.77. The zero-order valence-corrected chi connectivity index (χ0v) is 12.0. The summed E-state index contributed by atoms with van der Waals surface area (Å²) >= 11 is 7.35. The monoisotopic (exact) mass is 309 g/mol. The lowest BCUT2D eigenvalue weighted by Gasteiger charge is -2.06. The maximum Gasteiger partial charge on any atom is 0.337 e. The number of rotatable bonds is 6. The van der Waals surface area contributed by atoms with E-state index in [-0.39, 0.29) is 5.56 Å². The summed E-state index contributed by atoms with van der Waals surface area (Å²) in [6, 6.07) is 10.4. The molecule has 0 aliphatic heterocycles. The quantitative estimate of drug-likeness (QED) is 0.652. The first kappa shape index (κ1) is 14.7. The van der Waals surface area contributed by atoms with Gasteiger partial charge in [-0.25, -0.2) is 9.78 Å². The van der Waals surface area contributed by atoms with Crippen molar-refractivity contribution in [2.24, 2.45) is 0 Å². The highest BCUT2D eigenvalue weighted by atomic mass is 35.5. The molecule has 0 amide bonds. The van der Waals surface area contributed by atoms with Crippen molar-refractivity contribution in [1.82, 2.24) is 4.98 Å². The number of pyridine rings is 1. The molecule has 0 bridgehead atoms. The summed E-state index contributed by atoms with van der Waals surface area (Å²) in [5.74, 6) is 0.469. The zero-order chi connectivity index (χ0) is 14.4. The second-order valence-electron chi connectivity index (χ2n) is 3.84. The highest BCUT2D eigenvalue weighted by Crippen LogP contribution is 2.19. The first-order chi connectivity index (χ1) is 9.65. The molecule has 0 unspecified atom stereocenters. The van der Waals surface area contributed by atoms with Crippen LogP contribution in [-0.4, -0.2) is 28.4 Å². The van der Waals surface area contributed by atoms with Crippen LogP contribution in [0.25, 0.3) is 0 Å². The summed E-state index contributed by atoms with van der Waals surface area (Å²) in [5, 5.41) is 10.2. The Labute approximate surface area is 125 Å². The number of halogens is 1. The van der Waals surface area contributed by atoms with Gasteiger partial charge in [-0.1, -0.05) is 17.7 Å². The van der Waals surface area contributed by atoms with Crippen LogP contribution in [0.1, 0.15) is 10.4 Å². The minimum Gasteiger partial charge on any atom is -0.493 e. The second kappa shape index (κ2) is 7.17. The van der Waals surface area contributed by atoms with Crippen molar-refractivity contribution in [2.45, 2.75) is 5.03 Å². The van der Waals surface area contributed by atoms with Crippen molar-refractivity contribution >= 4 is 29.3 Å². The lowest BCUT2D eigenvalue weighted by molar-refractivity contribution is 0.0696. The molecule has 4 nitrogen and oxygen atoms in total. The summed E-state index contributed by atoms with van der Waals surface area (Å²) in [4.78, 5) is 14.7. The molecule has 0 aliphatic carbocycles. The van der Waals surface area contributed by atoms with Gasteiger partial charge in [0.05, 0.1) is 17.2 Å². The smallest absolute Gasteiger partial charge is 0.337 e. The third-order valence-electron chi connectivity index (χ3n) is 2.38. The predicted molar refractivity (Wildman–Crippen MR) is 78.9 cm³/mol. The van der Waals surface area contributed by atoms with E-state index in [9.17, 15) is 4.79 Å². The van der Waals surface area contributed by atoms with Crippen molar-refractivity contribution in [3.8, 4) is 5.75 Å². The number of carboxylic acid groups (broad SMARTS) is 1. The maximum atomic E-state index is 10.7. The molecule has 2 aromatic rings. The van der Waals surface area contributed by atoms with Crippen LogP contribution in [-0.2, 0) is 0 Å². The number of ether oxygens (including phenoxy) is 1. The second-order valence-corrected chi connectivity index (χ2v) is 5.40. The molecule has 0 saturated carbocycles. The van der Waals surface area contributed by atoms with E-state index >= 15 is 0 Å². The zero-order valence-electron chi connectivity index (χ0n) is 10.5. The number of aromatic nitrogens is 1. The van der Waals surface area contributed by atoms with Crippen LogP contribution < -0.4 is 4.74 Å². The molecule has 0 radical (unpaired) electrons. The fraction of sp³-hybridized carbons (Fsp3) is 0.143. The molecule has 104 valence electrons. The van der Waals surface area contributed by atoms with E-state index < -0.39 is 5.97 Å². The molecule has 2 rings (SSSR count). The highest BCUT2D eigenvalue weighted by molar-refractivity contribution is 7.99. The maximum absolute atomic E-state index is 10.7. The number of nitrogens with zero attached hydrogens (tertiary/aromatic N) is 1. The summed E-state index contributed by atoms with van der Waals surface area (Å²) in [6.07, 6.45) is 1.35. The van der Waals surface area contributed by atoms with Gasteiger partial charge < -0.3 is 9.84 Å². The van der Waals surface area contributed by atoms with Crippen LogP contribution in [0.15, 0.2) is 47.6 Å². The Morgan fingerprint density at radius 1 is 1.35 bits per heavy atom. The number of hydrogen-bond donors (Lipinski definition) is 1. The third-order valence-corrected chi connectivity index (χ3v) is 3.52. The van der Waals surface area contributed by atoms with Crippen molar-refractivity contribution in [3.05, 3.63) is 53.2 Å². The molecule has 6 heteroatoms. The molecule has 0 aliphatic rings. The van der Waals surface area contributed by atoms with Crippen LogP contribution in [0.5, 0.6) is 5.75 Å². The van der Waals surface area contributed by atoms with E-state index in [4.69, 9.17) is 21.4 Å². The van der Waals surface area contributed by atoms with Gasteiger partial charge in [0.2, 0.25) is 0 Å². The van der Waals surface area contributed by atoms with Gasteiger partial charge in [-0.15, -0.1) is 11.8 Å². The SMILES string of the molecule is O=C(O)c1ccc(SCCOc2cccc(Cl)c2)nc1. The van der Waals surface area contributed by atoms with Gasteiger partial charge in [0.15, 0.2) is 0 Å². The summed E-state index contributed by atoms with van der Waals surface area (Å²) in [6.45, 7) is 0.521. The van der Waals surface area contributed by atoms with Gasteiger partial charge in [-0.05, 0) is 30.3 Å². The minimum atomic E-state index is -0.974. The number of benzene rings is 1. The number of hydrogen-bond acceptors (Lipinski definition) is 4. The standard InChI is InChI=1S/C14H12ClNO3S/c15-11-2-1-3-12(8-11)19-6-7-20-13-5-4-10(9-16-13)14(17)18/h1-5,8-9H,6-7H2,(H,17,18). The van der Waals surface area contributed by atoms with Crippen molar-refractivity contribution < 1.29 is 14.6 Å². The lowest BCUT2D eigenvalue weighted by Crippen LogP contribution is -2.01. The summed E-state index contributed by atoms with van der Waals surface area (Å²) < 4.78 is 5.54. The van der Waals surface area contributed by atoms with E-state index in [2.05, 4.69) is 4.98 Å². The van der Waals surface area contributed by atoms with Crippen molar-refractivity contribution in [2.75, 3.05) is 12.4 Å². The Morgan fingerprint density at radius 3 is 2.85 bits per heavy atom. The van der Waals surface area contributed by atoms with Gasteiger partial charge in [0, 0.05) is 17.0 Å². The molecule has 0 spiro atoms. The molecule has 0 saturated heterocycles. The van der Waals surface area contributed by atoms with Crippen LogP contribution in [0.4, 0.5) is 0 Å². The van der Waals surface area contributed by atoms with Crippen molar-refractivity contribution in [3.63, 3.8) is 0 Å². The largest absolute Gasteiger partial charge is 0.493 e. The Bertz CT molecular complexity index is 589. The first-order valence-electron chi connectivity index (χ1n) is 5.85. The molecule has 1 aromatic carbocycles. The van der Waals surface area contributed by atoms with Gasteiger partial charge >= 0.3 is 5.97 Å². The van der Waals surface area contributed by atoms with Gasteiger partial charge in [0.25, 0.3) is 0 Å². The predicted octanol–water partition coefficient (Wildman–Crippen LogP) is 3.60. The third kappa shape index (κ3) is 4.43. The summed E-state index contributed by atoms with van der Waals surface area (Å²) in [5.41, 5.74) is 0.185. The summed E-state index contributed by atoms with van der Waals surface area (Å²) in [7, 11) is 0. The van der Waals surface area contributed by atoms with Gasteiger partial charge in [0.1, 0.15) is 5.75 Å². The Hall–Kier alpha value is -1.72. The highest BCUT2D eigenvalue weighted by Gasteiger charge is 2.03. The van der Waals surface area contributed by atoms with Crippen LogP contribution in [0.3, 0.4) is 0 Å². The van der Waals surface area contributed by atoms with E-state index in [1.165, 1.54) is 24.0 Å². The fourth-order valence-electron chi connectivity index (χ4n) is 1.45. The number of aromatic carboxylic acids is 1. The minimum absolute atomic E-state index is 0.185. The molecular formula is C14H12ClNO3S. The van der Waals surface area contributed by atoms with Gasteiger partial charge in [-0.3, -0.25) is 0 Å². The topological polar surface area (TPSA) is 59.4 Å². The molecule has 1 N–H and O–H groups in total. The molecule has 1 heterocycles. The van der Waals surface area contributed by atoms with Crippen LogP contribution in [0.2, 0.25) is 5.02 Å². The normalized spacial score (nSPS) is 10.2. The number of carbonyl (C=O) groups is 1. The molecule has 20 heavy (non-hydrogen) atoms. The molecule has 0 atom stereocenters. The number of thioether (sulfide) groups is 1. The lowest BCUT2D eigenvalue weighted by atomic mass is 10.3. The van der Waals surface area contributed by atoms with E-state index in [0.717, 1.165) is 10.8 Å². The Morgan fingerprint density at radius 2 is 2.20 bits per heavy atom. The Kier molecular flexibility index (Phi) is 5.26. The van der Waals surface area contributed by atoms with Crippen LogP contribution >= 0.6 is 23.4 Å². The van der Waals surface area contributed by atoms with Crippen molar-refractivity contribution in [1.29, 1.82) is 0 Å². The molecule has 0 fully saturated rings. The van der Waals surface area contributed by atoms with E-state index in [1.54, 1.807) is 18.2 Å². The molecule has 1 aromatic heterocycles.